The number of amides is 1. The highest BCUT2D eigenvalue weighted by Crippen LogP contribution is 2.22. The lowest BCUT2D eigenvalue weighted by molar-refractivity contribution is 0.0921. The normalized spacial score (nSPS) is 11.9. The largest absolute Gasteiger partial charge is 0.455 e. The van der Waals surface area contributed by atoms with Crippen LogP contribution in [0.1, 0.15) is 21.9 Å². The van der Waals surface area contributed by atoms with Gasteiger partial charge in [-0.05, 0) is 42.0 Å². The topological polar surface area (TPSA) is 59.3 Å². The van der Waals surface area contributed by atoms with Crippen LogP contribution in [-0.4, -0.2) is 10.1 Å². The fraction of sp³-hybridized carbons (Fsp3) is 0.105. The number of carbonyl (C=O) groups excluding carboxylic acids is 1. The molecule has 0 unspecified atom stereocenters. The SMILES string of the molecule is O=C(NCc1cccc(Cl)c1)c1ccc(C[S@@](=O)c2ccccc2Cl)o1. The molecule has 1 heterocycles. The molecule has 134 valence electrons. The number of carbonyl (C=O) groups is 1. The number of hydrogen-bond acceptors (Lipinski definition) is 3. The van der Waals surface area contributed by atoms with Crippen LogP contribution in [-0.2, 0) is 23.1 Å². The molecule has 0 radical (unpaired) electrons. The average molecular weight is 408 g/mol. The third-order valence-corrected chi connectivity index (χ3v) is 5.65. The number of nitrogens with one attached hydrogen (secondary N) is 1. The lowest BCUT2D eigenvalue weighted by Crippen LogP contribution is -2.22. The molecule has 0 saturated heterocycles. The van der Waals surface area contributed by atoms with E-state index in [-0.39, 0.29) is 17.4 Å². The van der Waals surface area contributed by atoms with Gasteiger partial charge < -0.3 is 9.73 Å². The van der Waals surface area contributed by atoms with Gasteiger partial charge in [-0.15, -0.1) is 0 Å². The second kappa shape index (κ2) is 8.54. The maximum Gasteiger partial charge on any atom is 0.287 e. The monoisotopic (exact) mass is 407 g/mol. The van der Waals surface area contributed by atoms with Gasteiger partial charge in [-0.2, -0.15) is 0 Å². The highest BCUT2D eigenvalue weighted by atomic mass is 35.5. The summed E-state index contributed by atoms with van der Waals surface area (Å²) in [6, 6.07) is 17.4. The zero-order valence-electron chi connectivity index (χ0n) is 13.6. The zero-order valence-corrected chi connectivity index (χ0v) is 15.9. The molecule has 1 atom stereocenters. The predicted octanol–water partition coefficient (Wildman–Crippen LogP) is 4.82. The molecule has 3 aromatic rings. The predicted molar refractivity (Wildman–Crippen MR) is 103 cm³/mol. The molecule has 7 heteroatoms. The van der Waals surface area contributed by atoms with E-state index < -0.39 is 10.8 Å². The first-order valence-corrected chi connectivity index (χ1v) is 9.84. The summed E-state index contributed by atoms with van der Waals surface area (Å²) in [6.07, 6.45) is 0. The molecule has 0 bridgehead atoms. The Hall–Kier alpha value is -2.08. The summed E-state index contributed by atoms with van der Waals surface area (Å²) >= 11 is 12.0. The molecule has 4 nitrogen and oxygen atoms in total. The Morgan fingerprint density at radius 2 is 1.85 bits per heavy atom. The summed E-state index contributed by atoms with van der Waals surface area (Å²) < 4.78 is 17.9. The van der Waals surface area contributed by atoms with Gasteiger partial charge in [0.25, 0.3) is 5.91 Å². The summed E-state index contributed by atoms with van der Waals surface area (Å²) in [6.45, 7) is 0.334. The third-order valence-electron chi connectivity index (χ3n) is 3.58. The van der Waals surface area contributed by atoms with Crippen molar-refractivity contribution in [2.75, 3.05) is 0 Å². The molecule has 0 saturated carbocycles. The van der Waals surface area contributed by atoms with Crippen molar-refractivity contribution < 1.29 is 13.4 Å². The van der Waals surface area contributed by atoms with Gasteiger partial charge in [0.1, 0.15) is 5.76 Å². The second-order valence-corrected chi connectivity index (χ2v) is 7.76. The van der Waals surface area contributed by atoms with E-state index in [1.807, 2.05) is 12.1 Å². The van der Waals surface area contributed by atoms with E-state index in [4.69, 9.17) is 27.6 Å². The molecule has 1 aromatic heterocycles. The molecule has 0 aliphatic heterocycles. The first-order chi connectivity index (χ1) is 12.5. The molecule has 0 fully saturated rings. The summed E-state index contributed by atoms with van der Waals surface area (Å²) in [4.78, 5) is 12.7. The quantitative estimate of drug-likeness (QED) is 0.636. The Balaban J connectivity index is 1.61. The summed E-state index contributed by atoms with van der Waals surface area (Å²) in [7, 11) is -1.35. The van der Waals surface area contributed by atoms with E-state index in [1.54, 1.807) is 48.5 Å². The van der Waals surface area contributed by atoms with Gasteiger partial charge in [-0.3, -0.25) is 9.00 Å². The van der Waals surface area contributed by atoms with Crippen molar-refractivity contribution in [2.45, 2.75) is 17.2 Å². The van der Waals surface area contributed by atoms with E-state index in [1.165, 1.54) is 0 Å². The van der Waals surface area contributed by atoms with Crippen molar-refractivity contribution >= 4 is 39.9 Å². The molecule has 0 aliphatic rings. The minimum absolute atomic E-state index is 0.144. The van der Waals surface area contributed by atoms with Gasteiger partial charge in [0.15, 0.2) is 5.76 Å². The van der Waals surface area contributed by atoms with Crippen LogP contribution in [0.2, 0.25) is 10.0 Å². The molecule has 3 rings (SSSR count). The number of hydrogen-bond donors (Lipinski definition) is 1. The lowest BCUT2D eigenvalue weighted by atomic mass is 10.2. The minimum Gasteiger partial charge on any atom is -0.455 e. The van der Waals surface area contributed by atoms with E-state index >= 15 is 0 Å². The van der Waals surface area contributed by atoms with Gasteiger partial charge >= 0.3 is 0 Å². The van der Waals surface area contributed by atoms with Crippen LogP contribution in [0.4, 0.5) is 0 Å². The molecule has 1 amide bonds. The Kier molecular flexibility index (Phi) is 6.14. The van der Waals surface area contributed by atoms with Crippen molar-refractivity contribution in [3.05, 3.63) is 87.8 Å². The molecular weight excluding hydrogens is 393 g/mol. The first kappa shape index (κ1) is 18.7. The van der Waals surface area contributed by atoms with Crippen LogP contribution < -0.4 is 5.32 Å². The number of benzene rings is 2. The molecule has 2 aromatic carbocycles. The fourth-order valence-electron chi connectivity index (χ4n) is 2.33. The molecular formula is C19H15Cl2NO3S. The highest BCUT2D eigenvalue weighted by Gasteiger charge is 2.15. The van der Waals surface area contributed by atoms with Crippen molar-refractivity contribution in [3.63, 3.8) is 0 Å². The van der Waals surface area contributed by atoms with Crippen LogP contribution in [0.15, 0.2) is 70.0 Å². The summed E-state index contributed by atoms with van der Waals surface area (Å²) in [5.74, 6) is 0.416. The standard InChI is InChI=1S/C19H15Cl2NO3S/c20-14-5-3-4-13(10-14)11-22-19(23)17-9-8-15(25-17)12-26(24)18-7-2-1-6-16(18)21/h1-10H,11-12H2,(H,22,23)/t26-/m1/s1. The Labute approximate surface area is 163 Å². The number of furan rings is 1. The van der Waals surface area contributed by atoms with Gasteiger partial charge in [-0.1, -0.05) is 47.5 Å². The highest BCUT2D eigenvalue weighted by molar-refractivity contribution is 7.84. The maximum absolute atomic E-state index is 12.4. The van der Waals surface area contributed by atoms with Crippen molar-refractivity contribution in [1.82, 2.24) is 5.32 Å². The molecule has 1 N–H and O–H groups in total. The van der Waals surface area contributed by atoms with Crippen LogP contribution in [0.25, 0.3) is 0 Å². The molecule has 26 heavy (non-hydrogen) atoms. The summed E-state index contributed by atoms with van der Waals surface area (Å²) in [5.41, 5.74) is 0.887. The first-order valence-electron chi connectivity index (χ1n) is 7.77. The van der Waals surface area contributed by atoms with Crippen LogP contribution in [0.5, 0.6) is 0 Å². The Morgan fingerprint density at radius 1 is 1.04 bits per heavy atom. The smallest absolute Gasteiger partial charge is 0.287 e. The summed E-state index contributed by atoms with van der Waals surface area (Å²) in [5, 5.41) is 3.81. The Morgan fingerprint density at radius 3 is 2.62 bits per heavy atom. The fourth-order valence-corrected chi connectivity index (χ4v) is 4.02. The maximum atomic E-state index is 12.4. The van der Waals surface area contributed by atoms with E-state index in [0.29, 0.717) is 27.2 Å². The van der Waals surface area contributed by atoms with Crippen LogP contribution >= 0.6 is 23.2 Å². The van der Waals surface area contributed by atoms with E-state index in [9.17, 15) is 9.00 Å². The van der Waals surface area contributed by atoms with Gasteiger partial charge in [0, 0.05) is 11.6 Å². The van der Waals surface area contributed by atoms with Crippen molar-refractivity contribution in [2.24, 2.45) is 0 Å². The van der Waals surface area contributed by atoms with E-state index in [0.717, 1.165) is 5.56 Å². The minimum atomic E-state index is -1.35. The number of rotatable bonds is 6. The van der Waals surface area contributed by atoms with E-state index in [2.05, 4.69) is 5.32 Å². The van der Waals surface area contributed by atoms with Crippen LogP contribution in [0, 0.1) is 0 Å². The zero-order chi connectivity index (χ0) is 18.5. The molecule has 0 aliphatic carbocycles. The van der Waals surface area contributed by atoms with Gasteiger partial charge in [0.05, 0.1) is 26.5 Å². The van der Waals surface area contributed by atoms with Crippen LogP contribution in [0.3, 0.4) is 0 Å². The molecule has 0 spiro atoms. The van der Waals surface area contributed by atoms with Gasteiger partial charge in [0.2, 0.25) is 0 Å². The number of halogens is 2. The van der Waals surface area contributed by atoms with Crippen molar-refractivity contribution in [1.29, 1.82) is 0 Å². The van der Waals surface area contributed by atoms with Crippen molar-refractivity contribution in [3.8, 4) is 0 Å². The average Bonchev–Trinajstić information content (AvgIpc) is 3.08. The second-order valence-electron chi connectivity index (χ2n) is 5.50. The third kappa shape index (κ3) is 4.75. The van der Waals surface area contributed by atoms with Gasteiger partial charge in [-0.25, -0.2) is 0 Å². The lowest BCUT2D eigenvalue weighted by Gasteiger charge is -2.04. The Bertz CT molecular complexity index is 955.